The number of hydrogen-bond acceptors (Lipinski definition) is 5. The summed E-state index contributed by atoms with van der Waals surface area (Å²) in [6, 6.07) is 129. The molecule has 8 heteroatoms. The molecule has 23 aromatic rings. The van der Waals surface area contributed by atoms with Crippen LogP contribution in [0.4, 0.5) is 0 Å². The molecule has 0 radical (unpaired) electrons. The molecule has 0 atom stereocenters. The van der Waals surface area contributed by atoms with Crippen molar-refractivity contribution in [2.75, 3.05) is 0 Å². The van der Waals surface area contributed by atoms with E-state index >= 15 is 0 Å². The van der Waals surface area contributed by atoms with Crippen LogP contribution in [0, 0.1) is 0 Å². The van der Waals surface area contributed by atoms with Crippen molar-refractivity contribution in [3.8, 4) is 95.5 Å². The predicted molar refractivity (Wildman–Crippen MR) is 445 cm³/mol. The molecule has 0 aliphatic carbocycles. The minimum absolute atomic E-state index is 0.635. The summed E-state index contributed by atoms with van der Waals surface area (Å²) in [5, 5.41) is 13.9. The van der Waals surface area contributed by atoms with Crippen molar-refractivity contribution in [1.29, 1.82) is 0 Å². The first kappa shape index (κ1) is 59.9. The van der Waals surface area contributed by atoms with E-state index in [1.807, 2.05) is 36.4 Å². The standard InChI is InChI=1S/C100H59N5O3/c1-7-19-88-74(13-1)80-53-65(68-38-50-97-83(56-68)77-16-4-10-22-94(77)106-97)35-47-91(80)103(88)71-41-29-61(30-42-71)60-25-27-62(28-26-60)86-59-87(63-31-43-72(44-32-63)104-89-20-8-2-14-75(89)81-54-66(36-48-92(81)104)69-39-51-98-84(57-69)78-17-5-11-23-95(78)107-98)102-100(101-86)64-33-45-73(46-34-64)105-90-21-9-3-15-76(90)82-55-67(37-49-93(82)105)70-40-52-99-85(58-70)79-18-6-12-24-96(79)108-99/h1-59H. The number of rotatable bonds is 10. The zero-order valence-corrected chi connectivity index (χ0v) is 58.0. The van der Waals surface area contributed by atoms with Crippen LogP contribution in [0.2, 0.25) is 0 Å². The van der Waals surface area contributed by atoms with Gasteiger partial charge in [0.1, 0.15) is 33.5 Å². The molecular formula is C100H59N5O3. The average molecular weight is 1380 g/mol. The number of para-hydroxylation sites is 6. The topological polar surface area (TPSA) is 80.0 Å². The second kappa shape index (κ2) is 23.5. The number of benzene rings is 16. The second-order valence-electron chi connectivity index (χ2n) is 28.4. The van der Waals surface area contributed by atoms with Crippen molar-refractivity contribution < 1.29 is 13.3 Å². The molecule has 502 valence electrons. The minimum Gasteiger partial charge on any atom is -0.456 e. The van der Waals surface area contributed by atoms with Crippen LogP contribution in [0.25, 0.3) is 227 Å². The van der Waals surface area contributed by atoms with E-state index in [2.05, 4.69) is 335 Å². The van der Waals surface area contributed by atoms with Crippen LogP contribution in [0.3, 0.4) is 0 Å². The molecule has 16 aromatic carbocycles. The van der Waals surface area contributed by atoms with Crippen molar-refractivity contribution in [3.63, 3.8) is 0 Å². The third kappa shape index (κ3) is 9.43. The Kier molecular flexibility index (Phi) is 13.0. The summed E-state index contributed by atoms with van der Waals surface area (Å²) < 4.78 is 25.8. The van der Waals surface area contributed by atoms with Crippen molar-refractivity contribution in [2.45, 2.75) is 0 Å². The molecule has 0 saturated carbocycles. The van der Waals surface area contributed by atoms with E-state index in [0.29, 0.717) is 5.82 Å². The zero-order valence-electron chi connectivity index (χ0n) is 58.0. The van der Waals surface area contributed by atoms with Crippen molar-refractivity contribution in [2.24, 2.45) is 0 Å². The molecular weight excluding hydrogens is 1320 g/mol. The molecule has 0 saturated heterocycles. The normalized spacial score (nSPS) is 12.1. The first-order valence-electron chi connectivity index (χ1n) is 36.6. The number of aromatic nitrogens is 5. The summed E-state index contributed by atoms with van der Waals surface area (Å²) >= 11 is 0. The van der Waals surface area contributed by atoms with E-state index in [1.54, 1.807) is 0 Å². The Labute approximate surface area is 617 Å². The van der Waals surface area contributed by atoms with Gasteiger partial charge >= 0.3 is 0 Å². The molecule has 0 N–H and O–H groups in total. The fourth-order valence-electron chi connectivity index (χ4n) is 17.1. The molecule has 0 aliphatic rings. The fourth-order valence-corrected chi connectivity index (χ4v) is 17.1. The predicted octanol–water partition coefficient (Wildman–Crippen LogP) is 27.1. The van der Waals surface area contributed by atoms with Gasteiger partial charge in [0.25, 0.3) is 0 Å². The molecule has 23 rings (SSSR count). The molecule has 8 nitrogen and oxygen atoms in total. The molecule has 7 heterocycles. The van der Waals surface area contributed by atoms with Gasteiger partial charge in [0.05, 0.1) is 44.5 Å². The maximum absolute atomic E-state index is 6.22. The smallest absolute Gasteiger partial charge is 0.160 e. The fraction of sp³-hybridized carbons (Fsp3) is 0. The highest BCUT2D eigenvalue weighted by Gasteiger charge is 2.21. The van der Waals surface area contributed by atoms with Gasteiger partial charge in [-0.15, -0.1) is 0 Å². The lowest BCUT2D eigenvalue weighted by Gasteiger charge is -2.13. The minimum atomic E-state index is 0.635. The molecule has 0 fully saturated rings. The van der Waals surface area contributed by atoms with E-state index in [9.17, 15) is 0 Å². The molecule has 7 aromatic heterocycles. The van der Waals surface area contributed by atoms with Crippen molar-refractivity contribution >= 4 is 131 Å². The first-order chi connectivity index (χ1) is 53.5. The number of nitrogens with zero attached hydrogens (tertiary/aromatic N) is 5. The Morgan fingerprint density at radius 1 is 0.167 bits per heavy atom. The Balaban J connectivity index is 0.595. The van der Waals surface area contributed by atoms with Crippen LogP contribution in [-0.2, 0) is 0 Å². The van der Waals surface area contributed by atoms with Crippen molar-refractivity contribution in [1.82, 2.24) is 23.7 Å². The third-order valence-corrected chi connectivity index (χ3v) is 22.3. The Morgan fingerprint density at radius 3 is 0.759 bits per heavy atom. The van der Waals surface area contributed by atoms with E-state index in [4.69, 9.17) is 23.2 Å². The first-order valence-corrected chi connectivity index (χ1v) is 36.6. The lowest BCUT2D eigenvalue weighted by atomic mass is 10.0. The third-order valence-electron chi connectivity index (χ3n) is 22.3. The van der Waals surface area contributed by atoms with Gasteiger partial charge in [-0.2, -0.15) is 0 Å². The monoisotopic (exact) mass is 1380 g/mol. The van der Waals surface area contributed by atoms with E-state index < -0.39 is 0 Å². The van der Waals surface area contributed by atoms with E-state index in [0.717, 1.165) is 189 Å². The van der Waals surface area contributed by atoms with Crippen molar-refractivity contribution in [3.05, 3.63) is 358 Å². The van der Waals surface area contributed by atoms with Crippen LogP contribution >= 0.6 is 0 Å². The van der Waals surface area contributed by atoms with Gasteiger partial charge in [0, 0.05) is 98.4 Å². The average Bonchev–Trinajstić information content (AvgIpc) is 1.59. The molecule has 0 aliphatic heterocycles. The van der Waals surface area contributed by atoms with Gasteiger partial charge in [-0.25, -0.2) is 9.97 Å². The SMILES string of the molecule is c1ccc2c(c1)oc1ccc(-c3ccc4c(c3)c3ccccc3n4-c3ccc(-c4ccc(-c5cc(-c6ccc(-n7c8ccccc8c8cc(-c9ccc%10oc%11ccccc%11c%10c9)ccc87)cc6)nc(-c6ccc(-n7c8ccccc8c8cc(-c9ccc%10oc%11ccccc%11c%10c9)ccc87)cc6)n5)cc4)cc3)cc12. The summed E-state index contributed by atoms with van der Waals surface area (Å²) in [6.45, 7) is 0. The van der Waals surface area contributed by atoms with Gasteiger partial charge in [-0.3, -0.25) is 0 Å². The number of hydrogen-bond donors (Lipinski definition) is 0. The number of furan rings is 3. The lowest BCUT2D eigenvalue weighted by Crippen LogP contribution is -1.98. The molecule has 0 bridgehead atoms. The molecule has 108 heavy (non-hydrogen) atoms. The van der Waals surface area contributed by atoms with Crippen LogP contribution in [-0.4, -0.2) is 23.7 Å². The van der Waals surface area contributed by atoms with Crippen LogP contribution in [0.1, 0.15) is 0 Å². The van der Waals surface area contributed by atoms with Gasteiger partial charge in [-0.1, -0.05) is 194 Å². The van der Waals surface area contributed by atoms with Crippen LogP contribution in [0.15, 0.2) is 371 Å². The maximum atomic E-state index is 6.22. The summed E-state index contributed by atoms with van der Waals surface area (Å²) in [5.74, 6) is 0.635. The van der Waals surface area contributed by atoms with E-state index in [-0.39, 0.29) is 0 Å². The second-order valence-corrected chi connectivity index (χ2v) is 28.4. The molecule has 0 amide bonds. The zero-order chi connectivity index (χ0) is 70.7. The van der Waals surface area contributed by atoms with Crippen LogP contribution < -0.4 is 0 Å². The highest BCUT2D eigenvalue weighted by atomic mass is 16.3. The van der Waals surface area contributed by atoms with Gasteiger partial charge in [0.15, 0.2) is 5.82 Å². The maximum Gasteiger partial charge on any atom is 0.160 e. The highest BCUT2D eigenvalue weighted by molar-refractivity contribution is 6.15. The summed E-state index contributed by atoms with van der Waals surface area (Å²) in [6.07, 6.45) is 0. The van der Waals surface area contributed by atoms with Gasteiger partial charge in [-0.05, 0) is 208 Å². The van der Waals surface area contributed by atoms with Crippen LogP contribution in [0.5, 0.6) is 0 Å². The Bertz CT molecular complexity index is 7360. The Morgan fingerprint density at radius 2 is 0.407 bits per heavy atom. The Hall–Kier alpha value is -14.6. The quantitative estimate of drug-likeness (QED) is 0.136. The van der Waals surface area contributed by atoms with E-state index in [1.165, 1.54) is 32.3 Å². The molecule has 0 spiro atoms. The summed E-state index contributed by atoms with van der Waals surface area (Å²) in [4.78, 5) is 10.9. The summed E-state index contributed by atoms with van der Waals surface area (Å²) in [7, 11) is 0. The summed E-state index contributed by atoms with van der Waals surface area (Å²) in [5.41, 5.74) is 29.1. The largest absolute Gasteiger partial charge is 0.456 e. The highest BCUT2D eigenvalue weighted by Crippen LogP contribution is 2.44. The van der Waals surface area contributed by atoms with Gasteiger partial charge < -0.3 is 27.0 Å². The number of fused-ring (bicyclic) bond motifs is 18. The van der Waals surface area contributed by atoms with Gasteiger partial charge in [0.2, 0.25) is 0 Å². The molecule has 0 unspecified atom stereocenters. The lowest BCUT2D eigenvalue weighted by molar-refractivity contribution is 0.668.